The Balaban J connectivity index is 1.46. The van der Waals surface area contributed by atoms with E-state index in [0.29, 0.717) is 6.54 Å². The normalized spacial score (nSPS) is 17.0. The monoisotopic (exact) mass is 328 g/mol. The highest BCUT2D eigenvalue weighted by Gasteiger charge is 2.20. The number of piperazine rings is 1. The highest BCUT2D eigenvalue weighted by molar-refractivity contribution is 5.83. The number of nitrogens with zero attached hydrogens (tertiary/aromatic N) is 2. The molecule has 1 saturated heterocycles. The molecule has 5 nitrogen and oxygen atoms in total. The van der Waals surface area contributed by atoms with Gasteiger partial charge in [-0.2, -0.15) is 0 Å². The number of β-amino-alcohol motifs (C(OH)–C–C–N with tert-alkyl or cyclic N) is 1. The van der Waals surface area contributed by atoms with Gasteiger partial charge in [0.25, 0.3) is 0 Å². The van der Waals surface area contributed by atoms with Gasteiger partial charge in [0, 0.05) is 39.6 Å². The summed E-state index contributed by atoms with van der Waals surface area (Å²) in [4.78, 5) is 15.3. The van der Waals surface area contributed by atoms with E-state index in [-0.39, 0.29) is 12.5 Å². The van der Waals surface area contributed by atoms with E-state index in [1.165, 1.54) is 5.39 Å². The van der Waals surface area contributed by atoms with Crippen molar-refractivity contribution in [2.45, 2.75) is 13.0 Å². The molecule has 1 aliphatic rings. The standard InChI is InChI=1S/C19H24N2O3/c1-15(22)21-10-8-20(9-11-21)13-18(23)14-24-19-7-6-16-4-2-3-5-17(16)12-19/h2-7,12,18,23H,8-11,13-14H2,1H3. The summed E-state index contributed by atoms with van der Waals surface area (Å²) in [5.74, 6) is 0.893. The summed E-state index contributed by atoms with van der Waals surface area (Å²) in [6, 6.07) is 14.1. The molecule has 128 valence electrons. The van der Waals surface area contributed by atoms with Crippen molar-refractivity contribution in [1.82, 2.24) is 9.80 Å². The van der Waals surface area contributed by atoms with E-state index in [9.17, 15) is 9.90 Å². The van der Waals surface area contributed by atoms with Gasteiger partial charge in [0.15, 0.2) is 0 Å². The zero-order chi connectivity index (χ0) is 16.9. The number of hydrogen-bond donors (Lipinski definition) is 1. The average Bonchev–Trinajstić information content (AvgIpc) is 2.60. The molecule has 1 heterocycles. The van der Waals surface area contributed by atoms with Crippen LogP contribution in [0.2, 0.25) is 0 Å². The van der Waals surface area contributed by atoms with Gasteiger partial charge in [-0.1, -0.05) is 30.3 Å². The summed E-state index contributed by atoms with van der Waals surface area (Å²) in [5, 5.41) is 12.5. The van der Waals surface area contributed by atoms with E-state index >= 15 is 0 Å². The molecule has 0 aromatic heterocycles. The van der Waals surface area contributed by atoms with Crippen LogP contribution in [0.1, 0.15) is 6.92 Å². The van der Waals surface area contributed by atoms with Gasteiger partial charge in [0.2, 0.25) is 5.91 Å². The number of benzene rings is 2. The van der Waals surface area contributed by atoms with E-state index in [4.69, 9.17) is 4.74 Å². The molecule has 1 fully saturated rings. The highest BCUT2D eigenvalue weighted by atomic mass is 16.5. The molecule has 1 unspecified atom stereocenters. The van der Waals surface area contributed by atoms with Crippen molar-refractivity contribution in [3.05, 3.63) is 42.5 Å². The Morgan fingerprint density at radius 3 is 2.54 bits per heavy atom. The Bertz CT molecular complexity index is 696. The molecule has 1 N–H and O–H groups in total. The third-order valence-corrected chi connectivity index (χ3v) is 4.45. The molecule has 0 bridgehead atoms. The van der Waals surface area contributed by atoms with Crippen LogP contribution < -0.4 is 4.74 Å². The van der Waals surface area contributed by atoms with Gasteiger partial charge in [0.1, 0.15) is 18.5 Å². The van der Waals surface area contributed by atoms with Gasteiger partial charge in [-0.15, -0.1) is 0 Å². The largest absolute Gasteiger partial charge is 0.491 e. The third-order valence-electron chi connectivity index (χ3n) is 4.45. The molecule has 0 spiro atoms. The highest BCUT2D eigenvalue weighted by Crippen LogP contribution is 2.20. The quantitative estimate of drug-likeness (QED) is 0.908. The number of amides is 1. The number of hydrogen-bond acceptors (Lipinski definition) is 4. The minimum atomic E-state index is -0.541. The Morgan fingerprint density at radius 2 is 1.83 bits per heavy atom. The van der Waals surface area contributed by atoms with Crippen LogP contribution in [0.4, 0.5) is 0 Å². The summed E-state index contributed by atoms with van der Waals surface area (Å²) in [7, 11) is 0. The van der Waals surface area contributed by atoms with Crippen molar-refractivity contribution in [1.29, 1.82) is 0 Å². The van der Waals surface area contributed by atoms with Crippen molar-refractivity contribution in [3.63, 3.8) is 0 Å². The summed E-state index contributed by atoms with van der Waals surface area (Å²) >= 11 is 0. The number of carbonyl (C=O) groups excluding carboxylic acids is 1. The number of carbonyl (C=O) groups is 1. The molecule has 0 saturated carbocycles. The maximum atomic E-state index is 11.3. The fourth-order valence-corrected chi connectivity index (χ4v) is 3.05. The minimum absolute atomic E-state index is 0.120. The summed E-state index contributed by atoms with van der Waals surface area (Å²) in [6.45, 7) is 5.49. The van der Waals surface area contributed by atoms with E-state index < -0.39 is 6.10 Å². The van der Waals surface area contributed by atoms with Crippen LogP contribution in [0.15, 0.2) is 42.5 Å². The van der Waals surface area contributed by atoms with Gasteiger partial charge < -0.3 is 14.7 Å². The molecule has 5 heteroatoms. The summed E-state index contributed by atoms with van der Waals surface area (Å²) in [6.07, 6.45) is -0.541. The SMILES string of the molecule is CC(=O)N1CCN(CC(O)COc2ccc3ccccc3c2)CC1. The maximum Gasteiger partial charge on any atom is 0.219 e. The Labute approximate surface area is 142 Å². The summed E-state index contributed by atoms with van der Waals surface area (Å²) in [5.41, 5.74) is 0. The van der Waals surface area contributed by atoms with Crippen LogP contribution in [0.5, 0.6) is 5.75 Å². The predicted octanol–water partition coefficient (Wildman–Crippen LogP) is 1.74. The lowest BCUT2D eigenvalue weighted by molar-refractivity contribution is -0.130. The smallest absolute Gasteiger partial charge is 0.219 e. The van der Waals surface area contributed by atoms with Crippen LogP contribution in [-0.2, 0) is 4.79 Å². The number of aliphatic hydroxyl groups excluding tert-OH is 1. The first-order valence-corrected chi connectivity index (χ1v) is 8.39. The molecule has 1 aliphatic heterocycles. The molecule has 24 heavy (non-hydrogen) atoms. The average molecular weight is 328 g/mol. The van der Waals surface area contributed by atoms with Gasteiger partial charge in [-0.05, 0) is 22.9 Å². The van der Waals surface area contributed by atoms with Crippen LogP contribution in [0.25, 0.3) is 10.8 Å². The third kappa shape index (κ3) is 4.24. The molecular weight excluding hydrogens is 304 g/mol. The Hall–Kier alpha value is -2.11. The van der Waals surface area contributed by atoms with E-state index in [0.717, 1.165) is 37.3 Å². The van der Waals surface area contributed by atoms with Crippen LogP contribution in [-0.4, -0.2) is 66.2 Å². The number of fused-ring (bicyclic) bond motifs is 1. The van der Waals surface area contributed by atoms with Crippen molar-refractivity contribution in [2.24, 2.45) is 0 Å². The van der Waals surface area contributed by atoms with Crippen molar-refractivity contribution in [2.75, 3.05) is 39.3 Å². The zero-order valence-electron chi connectivity index (χ0n) is 14.0. The second kappa shape index (κ2) is 7.64. The molecule has 2 aromatic rings. The lowest BCUT2D eigenvalue weighted by atomic mass is 10.1. The van der Waals surface area contributed by atoms with Crippen LogP contribution >= 0.6 is 0 Å². The zero-order valence-corrected chi connectivity index (χ0v) is 14.0. The second-order valence-electron chi connectivity index (χ2n) is 6.28. The second-order valence-corrected chi connectivity index (χ2v) is 6.28. The molecule has 3 rings (SSSR count). The van der Waals surface area contributed by atoms with Gasteiger partial charge in [-0.3, -0.25) is 9.69 Å². The number of rotatable bonds is 5. The van der Waals surface area contributed by atoms with Crippen LogP contribution in [0.3, 0.4) is 0 Å². The minimum Gasteiger partial charge on any atom is -0.491 e. The predicted molar refractivity (Wildman–Crippen MR) is 94.1 cm³/mol. The lowest BCUT2D eigenvalue weighted by Gasteiger charge is -2.35. The van der Waals surface area contributed by atoms with E-state index in [2.05, 4.69) is 11.0 Å². The number of aliphatic hydroxyl groups is 1. The molecule has 2 aromatic carbocycles. The van der Waals surface area contributed by atoms with Gasteiger partial charge in [-0.25, -0.2) is 0 Å². The fourth-order valence-electron chi connectivity index (χ4n) is 3.05. The van der Waals surface area contributed by atoms with Crippen LogP contribution in [0, 0.1) is 0 Å². The Morgan fingerprint density at radius 1 is 1.12 bits per heavy atom. The molecule has 1 atom stereocenters. The molecule has 0 aliphatic carbocycles. The first-order valence-electron chi connectivity index (χ1n) is 8.39. The molecule has 0 radical (unpaired) electrons. The first-order chi connectivity index (χ1) is 11.6. The fraction of sp³-hybridized carbons (Fsp3) is 0.421. The van der Waals surface area contributed by atoms with Crippen molar-refractivity contribution in [3.8, 4) is 5.75 Å². The van der Waals surface area contributed by atoms with Crippen molar-refractivity contribution >= 4 is 16.7 Å². The number of ether oxygens (including phenoxy) is 1. The molecular formula is C19H24N2O3. The van der Waals surface area contributed by atoms with E-state index in [1.54, 1.807) is 6.92 Å². The van der Waals surface area contributed by atoms with Crippen molar-refractivity contribution < 1.29 is 14.6 Å². The van der Waals surface area contributed by atoms with E-state index in [1.807, 2.05) is 41.3 Å². The summed E-state index contributed by atoms with van der Waals surface area (Å²) < 4.78 is 5.74. The Kier molecular flexibility index (Phi) is 5.33. The maximum absolute atomic E-state index is 11.3. The lowest BCUT2D eigenvalue weighted by Crippen LogP contribution is -2.50. The molecule has 1 amide bonds. The van der Waals surface area contributed by atoms with Gasteiger partial charge in [0.05, 0.1) is 0 Å². The topological polar surface area (TPSA) is 53.0 Å². The first kappa shape index (κ1) is 16.7. The van der Waals surface area contributed by atoms with Gasteiger partial charge >= 0.3 is 0 Å².